The summed E-state index contributed by atoms with van der Waals surface area (Å²) >= 11 is 1.62. The van der Waals surface area contributed by atoms with Crippen LogP contribution in [0.3, 0.4) is 0 Å². The van der Waals surface area contributed by atoms with Crippen LogP contribution in [0.2, 0.25) is 0 Å². The molecule has 8 heteroatoms. The number of hydrogen-bond acceptors (Lipinski definition) is 6. The van der Waals surface area contributed by atoms with Crippen molar-refractivity contribution in [1.29, 1.82) is 0 Å². The van der Waals surface area contributed by atoms with Crippen molar-refractivity contribution >= 4 is 23.2 Å². The highest BCUT2D eigenvalue weighted by Gasteiger charge is 2.53. The van der Waals surface area contributed by atoms with E-state index in [0.717, 1.165) is 30.6 Å². The SMILES string of the molecule is C[C@H]1[C@@H]2[C@@H](O)[C@@H]([C@H](C)C(=O)NCc3cccs3)CC[C@@]2(C)CC[C@@H]1NC(=O)c1cnccn1. The molecule has 0 spiro atoms. The van der Waals surface area contributed by atoms with Crippen LogP contribution in [-0.2, 0) is 11.3 Å². The molecular weight excluding hydrogens is 436 g/mol. The van der Waals surface area contributed by atoms with Crippen molar-refractivity contribution in [1.82, 2.24) is 20.6 Å². The van der Waals surface area contributed by atoms with E-state index in [1.165, 1.54) is 12.4 Å². The second-order valence-corrected chi connectivity index (χ2v) is 11.1. The predicted molar refractivity (Wildman–Crippen MR) is 127 cm³/mol. The number of thiophene rings is 1. The Bertz CT molecular complexity index is 954. The van der Waals surface area contributed by atoms with Crippen LogP contribution in [0.25, 0.3) is 0 Å². The Kier molecular flexibility index (Phi) is 7.14. The van der Waals surface area contributed by atoms with Gasteiger partial charge in [-0.15, -0.1) is 11.3 Å². The van der Waals surface area contributed by atoms with Crippen LogP contribution < -0.4 is 10.6 Å². The van der Waals surface area contributed by atoms with E-state index < -0.39 is 6.10 Å². The van der Waals surface area contributed by atoms with Gasteiger partial charge in [0.05, 0.1) is 18.8 Å². The van der Waals surface area contributed by atoms with Crippen LogP contribution in [0.4, 0.5) is 0 Å². The van der Waals surface area contributed by atoms with E-state index in [1.807, 2.05) is 24.4 Å². The van der Waals surface area contributed by atoms with Crippen molar-refractivity contribution in [2.24, 2.45) is 29.1 Å². The molecule has 3 N–H and O–H groups in total. The summed E-state index contributed by atoms with van der Waals surface area (Å²) in [6.07, 6.45) is 7.57. The Morgan fingerprint density at radius 2 is 2.09 bits per heavy atom. The Balaban J connectivity index is 1.43. The van der Waals surface area contributed by atoms with Gasteiger partial charge in [-0.05, 0) is 60.3 Å². The number of carbonyl (C=O) groups excluding carboxylic acids is 2. The number of amides is 2. The van der Waals surface area contributed by atoms with Crippen LogP contribution in [0.5, 0.6) is 0 Å². The summed E-state index contributed by atoms with van der Waals surface area (Å²) < 4.78 is 0. The average Bonchev–Trinajstić information content (AvgIpc) is 3.33. The van der Waals surface area contributed by atoms with Gasteiger partial charge in [0.15, 0.2) is 0 Å². The number of fused-ring (bicyclic) bond motifs is 1. The molecule has 0 aliphatic heterocycles. The van der Waals surface area contributed by atoms with E-state index in [4.69, 9.17) is 0 Å². The van der Waals surface area contributed by atoms with Crippen molar-refractivity contribution in [2.45, 2.75) is 65.1 Å². The molecule has 7 nitrogen and oxygen atoms in total. The fourth-order valence-electron chi connectivity index (χ4n) is 6.10. The van der Waals surface area contributed by atoms with E-state index >= 15 is 0 Å². The zero-order chi connectivity index (χ0) is 23.6. The maximum absolute atomic E-state index is 12.9. The van der Waals surface area contributed by atoms with Gasteiger partial charge < -0.3 is 15.7 Å². The Morgan fingerprint density at radius 3 is 2.79 bits per heavy atom. The molecule has 33 heavy (non-hydrogen) atoms. The first-order valence-electron chi connectivity index (χ1n) is 11.8. The third kappa shape index (κ3) is 4.96. The second-order valence-electron chi connectivity index (χ2n) is 10.0. The van der Waals surface area contributed by atoms with Gasteiger partial charge in [-0.3, -0.25) is 14.6 Å². The molecule has 2 amide bonds. The summed E-state index contributed by atoms with van der Waals surface area (Å²) in [7, 11) is 0. The first-order valence-corrected chi connectivity index (χ1v) is 12.7. The molecule has 2 heterocycles. The van der Waals surface area contributed by atoms with Crippen LogP contribution in [0.15, 0.2) is 36.1 Å². The number of nitrogens with one attached hydrogen (secondary N) is 2. The molecule has 0 unspecified atom stereocenters. The van der Waals surface area contributed by atoms with Gasteiger partial charge in [0.2, 0.25) is 5.91 Å². The minimum absolute atomic E-state index is 0.00739. The zero-order valence-electron chi connectivity index (χ0n) is 19.5. The van der Waals surface area contributed by atoms with Gasteiger partial charge in [0.25, 0.3) is 5.91 Å². The summed E-state index contributed by atoms with van der Waals surface area (Å²) in [4.78, 5) is 34.8. The Hall–Kier alpha value is -2.32. The van der Waals surface area contributed by atoms with Gasteiger partial charge in [-0.2, -0.15) is 0 Å². The maximum atomic E-state index is 12.9. The molecule has 0 bridgehead atoms. The van der Waals surface area contributed by atoms with Crippen molar-refractivity contribution < 1.29 is 14.7 Å². The van der Waals surface area contributed by atoms with E-state index in [2.05, 4.69) is 34.4 Å². The molecule has 2 aliphatic carbocycles. The quantitative estimate of drug-likeness (QED) is 0.600. The lowest BCUT2D eigenvalue weighted by molar-refractivity contribution is -0.142. The van der Waals surface area contributed by atoms with Crippen molar-refractivity contribution in [3.05, 3.63) is 46.7 Å². The minimum Gasteiger partial charge on any atom is -0.392 e. The lowest BCUT2D eigenvalue weighted by Crippen LogP contribution is -2.58. The molecule has 7 atom stereocenters. The smallest absolute Gasteiger partial charge is 0.271 e. The molecule has 178 valence electrons. The largest absolute Gasteiger partial charge is 0.392 e. The summed E-state index contributed by atoms with van der Waals surface area (Å²) in [6.45, 7) is 6.84. The van der Waals surface area contributed by atoms with Gasteiger partial charge in [0, 0.05) is 29.2 Å². The third-order valence-electron chi connectivity index (χ3n) is 8.07. The Morgan fingerprint density at radius 1 is 1.30 bits per heavy atom. The van der Waals surface area contributed by atoms with Crippen molar-refractivity contribution in [3.8, 4) is 0 Å². The average molecular weight is 471 g/mol. The molecule has 2 aliphatic rings. The molecule has 4 rings (SSSR count). The molecule has 2 saturated carbocycles. The standard InChI is InChI=1S/C25H34N4O3S/c1-15(23(31)28-13-17-5-4-12-33-17)18-6-8-25(3)9-7-19(16(2)21(25)22(18)30)29-24(32)20-14-26-10-11-27-20/h4-5,10-12,14-16,18-19,21-22,30H,6-9,13H2,1-3H3,(H,28,31)(H,29,32)/t15-,16+,18+,19-,21+,22-,25-/m0/s1. The number of hydrogen-bond donors (Lipinski definition) is 3. The molecule has 0 aromatic carbocycles. The summed E-state index contributed by atoms with van der Waals surface area (Å²) in [5.41, 5.74) is 0.312. The molecule has 0 saturated heterocycles. The normalized spacial score (nSPS) is 32.4. The number of nitrogens with zero attached hydrogens (tertiary/aromatic N) is 2. The topological polar surface area (TPSA) is 104 Å². The van der Waals surface area contributed by atoms with Gasteiger partial charge in [0.1, 0.15) is 5.69 Å². The van der Waals surface area contributed by atoms with E-state index in [1.54, 1.807) is 17.5 Å². The number of aliphatic hydroxyl groups is 1. The first kappa shape index (κ1) is 23.8. The second kappa shape index (κ2) is 9.89. The highest BCUT2D eigenvalue weighted by atomic mass is 32.1. The van der Waals surface area contributed by atoms with E-state index in [0.29, 0.717) is 12.2 Å². The number of carbonyl (C=O) groups is 2. The van der Waals surface area contributed by atoms with Gasteiger partial charge in [-0.1, -0.05) is 26.8 Å². The lowest BCUT2D eigenvalue weighted by Gasteiger charge is -2.56. The Labute approximate surface area is 199 Å². The zero-order valence-corrected chi connectivity index (χ0v) is 20.3. The summed E-state index contributed by atoms with van der Waals surface area (Å²) in [5, 5.41) is 19.7. The van der Waals surface area contributed by atoms with Crippen molar-refractivity contribution in [2.75, 3.05) is 0 Å². The number of aromatic nitrogens is 2. The number of aliphatic hydroxyl groups excluding tert-OH is 1. The van der Waals surface area contributed by atoms with Gasteiger partial charge in [-0.25, -0.2) is 4.98 Å². The predicted octanol–water partition coefficient (Wildman–Crippen LogP) is 3.41. The van der Waals surface area contributed by atoms with Gasteiger partial charge >= 0.3 is 0 Å². The highest BCUT2D eigenvalue weighted by molar-refractivity contribution is 7.09. The van der Waals surface area contributed by atoms with Crippen LogP contribution in [0, 0.1) is 29.1 Å². The van der Waals surface area contributed by atoms with Crippen LogP contribution in [0.1, 0.15) is 61.8 Å². The van der Waals surface area contributed by atoms with Crippen molar-refractivity contribution in [3.63, 3.8) is 0 Å². The van der Waals surface area contributed by atoms with Crippen LogP contribution in [-0.4, -0.2) is 39.0 Å². The molecule has 0 radical (unpaired) electrons. The van der Waals surface area contributed by atoms with E-state index in [9.17, 15) is 14.7 Å². The first-order chi connectivity index (χ1) is 15.8. The summed E-state index contributed by atoms with van der Waals surface area (Å²) in [6, 6.07) is 3.94. The van der Waals surface area contributed by atoms with E-state index in [-0.39, 0.29) is 46.9 Å². The number of rotatable bonds is 6. The maximum Gasteiger partial charge on any atom is 0.271 e. The molecule has 2 aromatic heterocycles. The lowest BCUT2D eigenvalue weighted by atomic mass is 9.51. The molecule has 2 aromatic rings. The summed E-state index contributed by atoms with van der Waals surface area (Å²) in [5.74, 6) is -0.499. The molecule has 2 fully saturated rings. The third-order valence-corrected chi connectivity index (χ3v) is 8.95. The highest BCUT2D eigenvalue weighted by Crippen LogP contribution is 2.55. The monoisotopic (exact) mass is 470 g/mol. The molecular formula is C25H34N4O3S. The van der Waals surface area contributed by atoms with Crippen LogP contribution >= 0.6 is 11.3 Å². The minimum atomic E-state index is -0.586. The fourth-order valence-corrected chi connectivity index (χ4v) is 6.74. The fraction of sp³-hybridized carbons (Fsp3) is 0.600.